The molecule has 0 aliphatic rings. The molecule has 1 heterocycles. The summed E-state index contributed by atoms with van der Waals surface area (Å²) in [5.74, 6) is 0.763. The summed E-state index contributed by atoms with van der Waals surface area (Å²) >= 11 is 0. The molecule has 0 atom stereocenters. The Morgan fingerprint density at radius 1 is 0.960 bits per heavy atom. The molecule has 132 valence electrons. The van der Waals surface area contributed by atoms with E-state index in [1.165, 1.54) is 0 Å². The van der Waals surface area contributed by atoms with Crippen molar-refractivity contribution in [3.05, 3.63) is 54.4 Å². The van der Waals surface area contributed by atoms with Gasteiger partial charge < -0.3 is 20.1 Å². The first kappa shape index (κ1) is 18.3. The number of carbonyl (C=O) groups is 2. The molecular formula is C18H21N3O4. The lowest BCUT2D eigenvalue weighted by molar-refractivity contribution is -0.129. The Balaban J connectivity index is 1.59. The minimum absolute atomic E-state index is 0.215. The van der Waals surface area contributed by atoms with Crippen molar-refractivity contribution < 1.29 is 19.1 Å². The third-order valence-corrected chi connectivity index (χ3v) is 3.31. The maximum atomic E-state index is 11.7. The van der Waals surface area contributed by atoms with Crippen LogP contribution in [0.3, 0.4) is 0 Å². The van der Waals surface area contributed by atoms with Gasteiger partial charge in [0.15, 0.2) is 0 Å². The fourth-order valence-corrected chi connectivity index (χ4v) is 2.00. The molecule has 2 amide bonds. The summed E-state index contributed by atoms with van der Waals surface area (Å²) in [4.78, 5) is 27.3. The molecule has 0 aliphatic heterocycles. The summed E-state index contributed by atoms with van der Waals surface area (Å²) in [7, 11) is 1.60. The fourth-order valence-electron chi connectivity index (χ4n) is 2.00. The molecule has 0 saturated heterocycles. The molecule has 2 rings (SSSR count). The Labute approximate surface area is 146 Å². The molecule has 0 fully saturated rings. The van der Waals surface area contributed by atoms with E-state index in [4.69, 9.17) is 9.47 Å². The van der Waals surface area contributed by atoms with Gasteiger partial charge in [0, 0.05) is 18.9 Å². The van der Waals surface area contributed by atoms with E-state index in [2.05, 4.69) is 15.6 Å². The van der Waals surface area contributed by atoms with Gasteiger partial charge in [-0.1, -0.05) is 0 Å². The number of hydrogen-bond donors (Lipinski definition) is 2. The summed E-state index contributed by atoms with van der Waals surface area (Å²) in [5.41, 5.74) is 0.927. The van der Waals surface area contributed by atoms with E-state index in [1.54, 1.807) is 55.9 Å². The molecular weight excluding hydrogens is 322 g/mol. The van der Waals surface area contributed by atoms with Gasteiger partial charge in [-0.25, -0.2) is 0 Å². The molecule has 0 spiro atoms. The van der Waals surface area contributed by atoms with E-state index in [0.717, 1.165) is 11.3 Å². The number of benzene rings is 1. The molecule has 1 aromatic heterocycles. The molecule has 7 heteroatoms. The van der Waals surface area contributed by atoms with Crippen LogP contribution in [0.25, 0.3) is 0 Å². The minimum Gasteiger partial charge on any atom is -0.497 e. The van der Waals surface area contributed by atoms with Crippen LogP contribution < -0.4 is 20.1 Å². The first-order valence-corrected chi connectivity index (χ1v) is 7.86. The molecule has 0 aliphatic carbocycles. The van der Waals surface area contributed by atoms with E-state index in [9.17, 15) is 9.59 Å². The average Bonchev–Trinajstić information content (AvgIpc) is 2.65. The third-order valence-electron chi connectivity index (χ3n) is 3.31. The Bertz CT molecular complexity index is 674. The van der Waals surface area contributed by atoms with Gasteiger partial charge >= 0.3 is 0 Å². The maximum Gasteiger partial charge on any atom is 0.229 e. The van der Waals surface area contributed by atoms with Crippen molar-refractivity contribution >= 4 is 11.8 Å². The number of pyridine rings is 1. The largest absolute Gasteiger partial charge is 0.497 e. The smallest absolute Gasteiger partial charge is 0.229 e. The number of aromatic nitrogens is 1. The van der Waals surface area contributed by atoms with E-state index < -0.39 is 0 Å². The number of methoxy groups -OCH3 is 1. The highest BCUT2D eigenvalue weighted by Crippen LogP contribution is 2.16. The highest BCUT2D eigenvalue weighted by atomic mass is 16.5. The van der Waals surface area contributed by atoms with Crippen LogP contribution in [-0.4, -0.2) is 37.1 Å². The molecule has 0 bridgehead atoms. The highest BCUT2D eigenvalue weighted by molar-refractivity contribution is 5.96. The van der Waals surface area contributed by atoms with Crippen LogP contribution in [0.4, 0.5) is 0 Å². The predicted octanol–water partition coefficient (Wildman–Crippen LogP) is 1.29. The topological polar surface area (TPSA) is 89.5 Å². The van der Waals surface area contributed by atoms with Crippen molar-refractivity contribution in [3.63, 3.8) is 0 Å². The SMILES string of the molecule is COc1ccc(OCCNC(=O)CC(=O)NCc2ccncc2)cc1. The van der Waals surface area contributed by atoms with Crippen LogP contribution in [-0.2, 0) is 16.1 Å². The third kappa shape index (κ3) is 6.90. The van der Waals surface area contributed by atoms with Crippen molar-refractivity contribution in [1.82, 2.24) is 15.6 Å². The molecule has 2 aromatic rings. The lowest BCUT2D eigenvalue weighted by atomic mass is 10.2. The molecule has 1 aromatic carbocycles. The van der Waals surface area contributed by atoms with E-state index in [0.29, 0.717) is 25.4 Å². The molecule has 2 N–H and O–H groups in total. The maximum absolute atomic E-state index is 11.7. The summed E-state index contributed by atoms with van der Waals surface area (Å²) < 4.78 is 10.5. The quantitative estimate of drug-likeness (QED) is 0.529. The van der Waals surface area contributed by atoms with Crippen molar-refractivity contribution in [2.45, 2.75) is 13.0 Å². The van der Waals surface area contributed by atoms with E-state index in [-0.39, 0.29) is 18.2 Å². The number of amides is 2. The molecule has 0 saturated carbocycles. The lowest BCUT2D eigenvalue weighted by Crippen LogP contribution is -2.33. The second-order valence-corrected chi connectivity index (χ2v) is 5.18. The number of nitrogens with zero attached hydrogens (tertiary/aromatic N) is 1. The number of hydrogen-bond acceptors (Lipinski definition) is 5. The first-order valence-electron chi connectivity index (χ1n) is 7.86. The van der Waals surface area contributed by atoms with Crippen LogP contribution in [0, 0.1) is 0 Å². The fraction of sp³-hybridized carbons (Fsp3) is 0.278. The van der Waals surface area contributed by atoms with Crippen molar-refractivity contribution in [2.24, 2.45) is 0 Å². The first-order chi connectivity index (χ1) is 12.2. The van der Waals surface area contributed by atoms with Gasteiger partial charge in [-0.2, -0.15) is 0 Å². The predicted molar refractivity (Wildman–Crippen MR) is 92.2 cm³/mol. The van der Waals surface area contributed by atoms with Crippen molar-refractivity contribution in [3.8, 4) is 11.5 Å². The molecule has 0 radical (unpaired) electrons. The van der Waals surface area contributed by atoms with E-state index in [1.807, 2.05) is 0 Å². The minimum atomic E-state index is -0.342. The van der Waals surface area contributed by atoms with Gasteiger partial charge in [-0.05, 0) is 42.0 Å². The number of nitrogens with one attached hydrogen (secondary N) is 2. The molecule has 25 heavy (non-hydrogen) atoms. The van der Waals surface area contributed by atoms with Crippen LogP contribution in [0.2, 0.25) is 0 Å². The summed E-state index contributed by atoms with van der Waals surface area (Å²) in [6.07, 6.45) is 3.08. The van der Waals surface area contributed by atoms with Crippen LogP contribution in [0.1, 0.15) is 12.0 Å². The number of carbonyl (C=O) groups excluding carboxylic acids is 2. The van der Waals surface area contributed by atoms with Crippen LogP contribution >= 0.6 is 0 Å². The van der Waals surface area contributed by atoms with Gasteiger partial charge in [0.05, 0.1) is 13.7 Å². The Morgan fingerprint density at radius 3 is 2.28 bits per heavy atom. The Kier molecular flexibility index (Phi) is 7.24. The van der Waals surface area contributed by atoms with Crippen LogP contribution in [0.15, 0.2) is 48.8 Å². The second-order valence-electron chi connectivity index (χ2n) is 5.18. The average molecular weight is 343 g/mol. The molecule has 7 nitrogen and oxygen atoms in total. The highest BCUT2D eigenvalue weighted by Gasteiger charge is 2.08. The second kappa shape index (κ2) is 9.92. The zero-order chi connectivity index (χ0) is 17.9. The Morgan fingerprint density at radius 2 is 1.60 bits per heavy atom. The zero-order valence-corrected chi connectivity index (χ0v) is 14.0. The number of rotatable bonds is 9. The molecule has 0 unspecified atom stereocenters. The summed E-state index contributed by atoms with van der Waals surface area (Å²) in [6, 6.07) is 10.8. The summed E-state index contributed by atoms with van der Waals surface area (Å²) in [6.45, 7) is 1.01. The van der Waals surface area contributed by atoms with Gasteiger partial charge in [0.25, 0.3) is 0 Å². The van der Waals surface area contributed by atoms with Crippen molar-refractivity contribution in [1.29, 1.82) is 0 Å². The lowest BCUT2D eigenvalue weighted by Gasteiger charge is -2.09. The Hall–Kier alpha value is -3.09. The van der Waals surface area contributed by atoms with Crippen molar-refractivity contribution in [2.75, 3.05) is 20.3 Å². The number of ether oxygens (including phenoxy) is 2. The van der Waals surface area contributed by atoms with Gasteiger partial charge in [-0.15, -0.1) is 0 Å². The summed E-state index contributed by atoms with van der Waals surface area (Å²) in [5, 5.41) is 5.33. The van der Waals surface area contributed by atoms with Gasteiger partial charge in [0.1, 0.15) is 24.5 Å². The van der Waals surface area contributed by atoms with Crippen LogP contribution in [0.5, 0.6) is 11.5 Å². The van der Waals surface area contributed by atoms with Gasteiger partial charge in [-0.3, -0.25) is 14.6 Å². The normalized spacial score (nSPS) is 9.96. The standard InChI is InChI=1S/C18H21N3O4/c1-24-15-2-4-16(5-3-15)25-11-10-20-17(22)12-18(23)21-13-14-6-8-19-9-7-14/h2-9H,10-13H2,1H3,(H,20,22)(H,21,23). The zero-order valence-electron chi connectivity index (χ0n) is 14.0. The van der Waals surface area contributed by atoms with Gasteiger partial charge in [0.2, 0.25) is 11.8 Å². The monoisotopic (exact) mass is 343 g/mol. The van der Waals surface area contributed by atoms with E-state index >= 15 is 0 Å².